The summed E-state index contributed by atoms with van der Waals surface area (Å²) in [6, 6.07) is 63.2. The van der Waals surface area contributed by atoms with Crippen LogP contribution in [0.25, 0.3) is 0 Å². The van der Waals surface area contributed by atoms with Gasteiger partial charge in [0.25, 0.3) is 0 Å². The third-order valence-electron chi connectivity index (χ3n) is 13.3. The third kappa shape index (κ3) is 13.1. The van der Waals surface area contributed by atoms with Gasteiger partial charge in [0.2, 0.25) is 0 Å². The van der Waals surface area contributed by atoms with Gasteiger partial charge in [0, 0.05) is 12.7 Å². The van der Waals surface area contributed by atoms with Gasteiger partial charge in [0.15, 0.2) is 30.9 Å². The topological polar surface area (TPSA) is 162 Å². The average Bonchev–Trinajstić information content (AvgIpc) is 4.03. The van der Waals surface area contributed by atoms with Crippen molar-refractivity contribution in [3.8, 4) is 0 Å². The molecule has 10 rings (SSSR count). The Hall–Kier alpha value is -7.41. The zero-order valence-electron chi connectivity index (χ0n) is 42.1. The minimum Gasteiger partial charge on any atom is -0.459 e. The summed E-state index contributed by atoms with van der Waals surface area (Å²) >= 11 is 0. The van der Waals surface area contributed by atoms with Crippen molar-refractivity contribution in [1.82, 2.24) is 0 Å². The summed E-state index contributed by atoms with van der Waals surface area (Å²) in [6.45, 7) is -0.143. The standard InChI is InChI=1S/C62H58O15/c1-66-60-55(69-39-44-27-13-4-14-28-44)53(68-38-43-25-11-3-12-26-43)51(67-37-42-23-9-2-10-24-42)50(72-60)41-71-62(48-35-21-8-22-36-48)76-56-54(75-59(65)47-33-19-7-20-34-47)52(74-58(64)46-31-17-6-18-32-46)49(73-61(56)77-62)40-70-57(63)45-29-15-5-16-30-45/h2-36,49-56,60-61H,37-41H2,1H3/t49-,50-,51-,52-,53+,54+,55-,56-,60+,61-,62?/m1/s1. The van der Waals surface area contributed by atoms with Crippen molar-refractivity contribution in [2.45, 2.75) is 87.2 Å². The molecule has 11 atom stereocenters. The van der Waals surface area contributed by atoms with E-state index in [-0.39, 0.29) is 43.1 Å². The number of esters is 3. The van der Waals surface area contributed by atoms with Crippen LogP contribution in [0, 0.1) is 0 Å². The molecule has 0 aromatic heterocycles. The minimum atomic E-state index is -2.12. The summed E-state index contributed by atoms with van der Waals surface area (Å²) in [5.74, 6) is -4.31. The van der Waals surface area contributed by atoms with Gasteiger partial charge in [0.05, 0.1) is 43.1 Å². The number of ether oxygens (including phenoxy) is 12. The zero-order valence-corrected chi connectivity index (χ0v) is 42.1. The van der Waals surface area contributed by atoms with Crippen molar-refractivity contribution in [3.63, 3.8) is 0 Å². The summed E-state index contributed by atoms with van der Waals surface area (Å²) in [7, 11) is 1.53. The summed E-state index contributed by atoms with van der Waals surface area (Å²) in [5.41, 5.74) is 3.83. The van der Waals surface area contributed by atoms with Crippen molar-refractivity contribution in [3.05, 3.63) is 251 Å². The molecule has 3 aliphatic heterocycles. The maximum Gasteiger partial charge on any atom is 0.338 e. The molecule has 0 saturated carbocycles. The number of benzene rings is 7. The molecule has 7 aromatic rings. The van der Waals surface area contributed by atoms with Crippen LogP contribution in [-0.4, -0.2) is 99.6 Å². The summed E-state index contributed by atoms with van der Waals surface area (Å²) in [5, 5.41) is 0. The lowest BCUT2D eigenvalue weighted by Gasteiger charge is -2.46. The summed E-state index contributed by atoms with van der Waals surface area (Å²) in [6.07, 6.45) is -11.3. The van der Waals surface area contributed by atoms with E-state index in [1.54, 1.807) is 115 Å². The van der Waals surface area contributed by atoms with E-state index in [1.165, 1.54) is 7.11 Å². The maximum absolute atomic E-state index is 14.2. The van der Waals surface area contributed by atoms with E-state index in [0.29, 0.717) is 5.56 Å². The molecule has 0 amide bonds. The van der Waals surface area contributed by atoms with Gasteiger partial charge < -0.3 is 52.1 Å². The van der Waals surface area contributed by atoms with Gasteiger partial charge in [-0.05, 0) is 53.1 Å². The van der Waals surface area contributed by atoms with Crippen LogP contribution in [0.2, 0.25) is 0 Å². The van der Waals surface area contributed by atoms with E-state index < -0.39 is 91.9 Å². The molecular weight excluding hydrogens is 985 g/mol. The van der Waals surface area contributed by atoms with Crippen molar-refractivity contribution in [2.75, 3.05) is 20.3 Å². The molecule has 0 radical (unpaired) electrons. The number of carbonyl (C=O) groups excluding carboxylic acids is 3. The molecule has 3 saturated heterocycles. The Balaban J connectivity index is 1.00. The maximum atomic E-state index is 14.2. The van der Waals surface area contributed by atoms with E-state index >= 15 is 0 Å². The van der Waals surface area contributed by atoms with E-state index in [1.807, 2.05) is 97.1 Å². The highest BCUT2D eigenvalue weighted by atomic mass is 16.9. The van der Waals surface area contributed by atoms with E-state index in [4.69, 9.17) is 56.8 Å². The highest BCUT2D eigenvalue weighted by molar-refractivity contribution is 5.91. The van der Waals surface area contributed by atoms with E-state index in [2.05, 4.69) is 0 Å². The monoisotopic (exact) mass is 1040 g/mol. The second-order valence-electron chi connectivity index (χ2n) is 18.5. The van der Waals surface area contributed by atoms with Crippen LogP contribution < -0.4 is 0 Å². The Morgan fingerprint density at radius 1 is 0.429 bits per heavy atom. The molecule has 396 valence electrons. The predicted octanol–water partition coefficient (Wildman–Crippen LogP) is 9.39. The lowest BCUT2D eigenvalue weighted by Crippen LogP contribution is -2.62. The van der Waals surface area contributed by atoms with Gasteiger partial charge in [-0.15, -0.1) is 0 Å². The molecule has 15 nitrogen and oxygen atoms in total. The van der Waals surface area contributed by atoms with Gasteiger partial charge in [-0.1, -0.05) is 176 Å². The molecule has 3 fully saturated rings. The first-order valence-electron chi connectivity index (χ1n) is 25.4. The molecule has 15 heteroatoms. The van der Waals surface area contributed by atoms with Gasteiger partial charge >= 0.3 is 23.9 Å². The second kappa shape index (κ2) is 25.6. The summed E-state index contributed by atoms with van der Waals surface area (Å²) < 4.78 is 79.2. The van der Waals surface area contributed by atoms with Crippen molar-refractivity contribution < 1.29 is 71.2 Å². The van der Waals surface area contributed by atoms with Crippen molar-refractivity contribution in [2.24, 2.45) is 0 Å². The number of hydrogen-bond acceptors (Lipinski definition) is 15. The highest BCUT2D eigenvalue weighted by Crippen LogP contribution is 2.46. The largest absolute Gasteiger partial charge is 0.459 e. The Kier molecular flexibility index (Phi) is 17.6. The Bertz CT molecular complexity index is 2940. The predicted molar refractivity (Wildman–Crippen MR) is 277 cm³/mol. The zero-order chi connectivity index (χ0) is 52.8. The molecular formula is C62H58O15. The van der Waals surface area contributed by atoms with E-state index in [9.17, 15) is 14.4 Å². The van der Waals surface area contributed by atoms with Crippen LogP contribution in [0.4, 0.5) is 0 Å². The van der Waals surface area contributed by atoms with Gasteiger partial charge in [-0.3, -0.25) is 4.74 Å². The van der Waals surface area contributed by atoms with Gasteiger partial charge in [0.1, 0.15) is 37.1 Å². The molecule has 7 aromatic carbocycles. The molecule has 0 bridgehead atoms. The summed E-state index contributed by atoms with van der Waals surface area (Å²) in [4.78, 5) is 41.8. The first kappa shape index (κ1) is 53.0. The van der Waals surface area contributed by atoms with Crippen LogP contribution in [0.5, 0.6) is 0 Å². The van der Waals surface area contributed by atoms with Crippen LogP contribution in [0.15, 0.2) is 212 Å². The average molecular weight is 1040 g/mol. The second-order valence-corrected chi connectivity index (χ2v) is 18.5. The van der Waals surface area contributed by atoms with Crippen LogP contribution >= 0.6 is 0 Å². The third-order valence-corrected chi connectivity index (χ3v) is 13.3. The fraction of sp³-hybridized carbons (Fsp3) is 0.274. The normalized spacial score (nSPS) is 25.7. The lowest BCUT2D eigenvalue weighted by atomic mass is 9.97. The number of carbonyl (C=O) groups is 3. The molecule has 0 N–H and O–H groups in total. The number of rotatable bonds is 21. The Morgan fingerprint density at radius 2 is 0.844 bits per heavy atom. The van der Waals surface area contributed by atoms with Crippen molar-refractivity contribution in [1.29, 1.82) is 0 Å². The molecule has 77 heavy (non-hydrogen) atoms. The fourth-order valence-electron chi connectivity index (χ4n) is 9.41. The number of hydrogen-bond donors (Lipinski definition) is 0. The SMILES string of the molecule is CO[C@H]1O[C@H](COC2(c3ccccc3)O[C@H]3O[C@H](COC(=O)c4ccccc4)[C@@H](OC(=O)c4ccccc4)[C@H](OC(=O)c4ccccc4)[C@H]3O2)[C@@H](OCc2ccccc2)[C@H](OCc2ccccc2)[C@H]1OCc1ccccc1. The first-order valence-corrected chi connectivity index (χ1v) is 25.4. The molecule has 0 aliphatic carbocycles. The van der Waals surface area contributed by atoms with E-state index in [0.717, 1.165) is 16.7 Å². The number of fused-ring (bicyclic) bond motifs is 1. The lowest BCUT2D eigenvalue weighted by molar-refractivity contribution is -0.386. The molecule has 3 heterocycles. The highest BCUT2D eigenvalue weighted by Gasteiger charge is 2.62. The molecule has 3 aliphatic rings. The molecule has 1 unspecified atom stereocenters. The van der Waals surface area contributed by atoms with Crippen LogP contribution in [-0.2, 0) is 82.6 Å². The van der Waals surface area contributed by atoms with Gasteiger partial charge in [-0.25, -0.2) is 14.4 Å². The number of methoxy groups -OCH3 is 1. The minimum absolute atomic E-state index is 0.169. The quantitative estimate of drug-likeness (QED) is 0.0494. The van der Waals surface area contributed by atoms with Crippen LogP contribution in [0.1, 0.15) is 53.3 Å². The Labute approximate surface area is 446 Å². The first-order chi connectivity index (χ1) is 37.8. The van der Waals surface area contributed by atoms with Crippen molar-refractivity contribution >= 4 is 17.9 Å². The van der Waals surface area contributed by atoms with Crippen LogP contribution in [0.3, 0.4) is 0 Å². The fourth-order valence-corrected chi connectivity index (χ4v) is 9.41. The smallest absolute Gasteiger partial charge is 0.338 e. The molecule has 0 spiro atoms. The Morgan fingerprint density at radius 3 is 1.34 bits per heavy atom. The van der Waals surface area contributed by atoms with Gasteiger partial charge in [-0.2, -0.15) is 0 Å².